The molecule has 0 atom stereocenters. The van der Waals surface area contributed by atoms with Gasteiger partial charge in [0, 0.05) is 24.0 Å². The molecule has 132 valence electrons. The van der Waals surface area contributed by atoms with Crippen LogP contribution < -0.4 is 15.4 Å². The van der Waals surface area contributed by atoms with Gasteiger partial charge in [-0.15, -0.1) is 35.3 Å². The van der Waals surface area contributed by atoms with Gasteiger partial charge in [-0.1, -0.05) is 38.1 Å². The van der Waals surface area contributed by atoms with Gasteiger partial charge in [0.05, 0.1) is 13.2 Å². The molecule has 0 saturated carbocycles. The van der Waals surface area contributed by atoms with Crippen molar-refractivity contribution in [1.82, 2.24) is 10.6 Å². The Hall–Kier alpha value is -1.28. The number of aliphatic imine (C=N–C) groups is 1. The van der Waals surface area contributed by atoms with Crippen LogP contribution in [0.4, 0.5) is 0 Å². The van der Waals surface area contributed by atoms with Crippen molar-refractivity contribution in [3.05, 3.63) is 52.2 Å². The molecule has 2 N–H and O–H groups in total. The quantitative estimate of drug-likeness (QED) is 0.370. The molecule has 0 amide bonds. The third kappa shape index (κ3) is 7.09. The number of thiophene rings is 1. The summed E-state index contributed by atoms with van der Waals surface area (Å²) in [6, 6.07) is 12.3. The second kappa shape index (κ2) is 11.3. The topological polar surface area (TPSA) is 45.7 Å². The average molecular weight is 459 g/mol. The van der Waals surface area contributed by atoms with E-state index in [-0.39, 0.29) is 24.0 Å². The Morgan fingerprint density at radius 2 is 1.88 bits per heavy atom. The molecule has 24 heavy (non-hydrogen) atoms. The lowest BCUT2D eigenvalue weighted by Gasteiger charge is -2.15. The van der Waals surface area contributed by atoms with Crippen molar-refractivity contribution < 1.29 is 4.74 Å². The second-order valence-electron chi connectivity index (χ2n) is 5.67. The van der Waals surface area contributed by atoms with Crippen LogP contribution in [0.25, 0.3) is 0 Å². The van der Waals surface area contributed by atoms with E-state index in [1.807, 2.05) is 18.2 Å². The Morgan fingerprint density at radius 3 is 2.54 bits per heavy atom. The number of nitrogens with zero attached hydrogens (tertiary/aromatic N) is 1. The molecular formula is C18H26IN3OS. The van der Waals surface area contributed by atoms with Crippen molar-refractivity contribution in [2.45, 2.75) is 26.9 Å². The van der Waals surface area contributed by atoms with Crippen LogP contribution in [0.15, 0.2) is 46.8 Å². The summed E-state index contributed by atoms with van der Waals surface area (Å²) >= 11 is 1.74. The number of nitrogens with one attached hydrogen (secondary N) is 2. The first-order valence-electron chi connectivity index (χ1n) is 7.86. The molecule has 1 aromatic heterocycles. The third-order valence-corrected chi connectivity index (χ3v) is 4.10. The lowest BCUT2D eigenvalue weighted by atomic mass is 10.2. The highest BCUT2D eigenvalue weighted by Gasteiger charge is 2.05. The largest absolute Gasteiger partial charge is 0.493 e. The first-order valence-corrected chi connectivity index (χ1v) is 8.74. The number of hydrogen-bond donors (Lipinski definition) is 2. The minimum Gasteiger partial charge on any atom is -0.493 e. The van der Waals surface area contributed by atoms with Crippen molar-refractivity contribution in [3.8, 4) is 5.75 Å². The van der Waals surface area contributed by atoms with Crippen LogP contribution in [0, 0.1) is 5.92 Å². The molecule has 0 fully saturated rings. The Bertz CT molecular complexity index is 614. The maximum absolute atomic E-state index is 5.88. The Kier molecular flexibility index (Phi) is 9.78. The minimum absolute atomic E-state index is 0. The third-order valence-electron chi connectivity index (χ3n) is 3.22. The normalized spacial score (nSPS) is 11.1. The van der Waals surface area contributed by atoms with Crippen molar-refractivity contribution >= 4 is 41.3 Å². The van der Waals surface area contributed by atoms with E-state index in [1.54, 1.807) is 18.4 Å². The molecule has 1 heterocycles. The molecule has 0 spiro atoms. The van der Waals surface area contributed by atoms with E-state index < -0.39 is 0 Å². The molecule has 2 rings (SSSR count). The fraction of sp³-hybridized carbons (Fsp3) is 0.389. The monoisotopic (exact) mass is 459 g/mol. The zero-order chi connectivity index (χ0) is 16.5. The number of halogens is 1. The van der Waals surface area contributed by atoms with Crippen LogP contribution in [0.5, 0.6) is 5.75 Å². The zero-order valence-corrected chi connectivity index (χ0v) is 17.6. The Labute approximate surface area is 165 Å². The molecular weight excluding hydrogens is 433 g/mol. The van der Waals surface area contributed by atoms with E-state index in [9.17, 15) is 0 Å². The van der Waals surface area contributed by atoms with E-state index in [4.69, 9.17) is 4.74 Å². The molecule has 0 aliphatic heterocycles. The van der Waals surface area contributed by atoms with Crippen LogP contribution in [-0.2, 0) is 13.1 Å². The molecule has 0 bridgehead atoms. The van der Waals surface area contributed by atoms with E-state index in [1.165, 1.54) is 4.88 Å². The van der Waals surface area contributed by atoms with Crippen molar-refractivity contribution in [3.63, 3.8) is 0 Å². The van der Waals surface area contributed by atoms with Gasteiger partial charge in [0.25, 0.3) is 0 Å². The summed E-state index contributed by atoms with van der Waals surface area (Å²) in [5.41, 5.74) is 1.13. The molecule has 0 radical (unpaired) electrons. The minimum atomic E-state index is 0. The van der Waals surface area contributed by atoms with Crippen LogP contribution in [-0.4, -0.2) is 19.6 Å². The standard InChI is InChI=1S/C18H25N3OS.HI/c1-14(2)13-22-17-9-5-4-7-15(17)11-20-18(19-3)21-12-16-8-6-10-23-16;/h4-10,14H,11-13H2,1-3H3,(H2,19,20,21);1H. The Balaban J connectivity index is 0.00000288. The molecule has 4 nitrogen and oxygen atoms in total. The van der Waals surface area contributed by atoms with E-state index in [0.29, 0.717) is 12.5 Å². The predicted molar refractivity (Wildman–Crippen MR) is 114 cm³/mol. The summed E-state index contributed by atoms with van der Waals surface area (Å²) in [6.45, 7) is 6.48. The van der Waals surface area contributed by atoms with Gasteiger partial charge >= 0.3 is 0 Å². The average Bonchev–Trinajstić information content (AvgIpc) is 3.07. The SMILES string of the molecule is CN=C(NCc1cccs1)NCc1ccccc1OCC(C)C.I. The van der Waals surface area contributed by atoms with Crippen LogP contribution >= 0.6 is 35.3 Å². The van der Waals surface area contributed by atoms with Crippen molar-refractivity contribution in [2.24, 2.45) is 10.9 Å². The fourth-order valence-corrected chi connectivity index (χ4v) is 2.68. The van der Waals surface area contributed by atoms with E-state index in [0.717, 1.165) is 30.4 Å². The molecule has 0 aliphatic rings. The zero-order valence-electron chi connectivity index (χ0n) is 14.4. The highest BCUT2D eigenvalue weighted by molar-refractivity contribution is 14.0. The smallest absolute Gasteiger partial charge is 0.191 e. The summed E-state index contributed by atoms with van der Waals surface area (Å²) < 4.78 is 5.88. The van der Waals surface area contributed by atoms with E-state index >= 15 is 0 Å². The van der Waals surface area contributed by atoms with Gasteiger partial charge < -0.3 is 15.4 Å². The van der Waals surface area contributed by atoms with Crippen molar-refractivity contribution in [2.75, 3.05) is 13.7 Å². The highest BCUT2D eigenvalue weighted by Crippen LogP contribution is 2.18. The number of benzene rings is 1. The van der Waals surface area contributed by atoms with Crippen LogP contribution in [0.3, 0.4) is 0 Å². The van der Waals surface area contributed by atoms with Gasteiger partial charge in [0.1, 0.15) is 5.75 Å². The summed E-state index contributed by atoms with van der Waals surface area (Å²) in [5, 5.41) is 8.74. The van der Waals surface area contributed by atoms with Gasteiger partial charge in [0.15, 0.2) is 5.96 Å². The fourth-order valence-electron chi connectivity index (χ4n) is 2.03. The number of ether oxygens (including phenoxy) is 1. The maximum atomic E-state index is 5.88. The first-order chi connectivity index (χ1) is 11.2. The summed E-state index contributed by atoms with van der Waals surface area (Å²) in [6.07, 6.45) is 0. The van der Waals surface area contributed by atoms with Gasteiger partial charge in [-0.25, -0.2) is 0 Å². The predicted octanol–water partition coefficient (Wildman–Crippen LogP) is 4.27. The lowest BCUT2D eigenvalue weighted by Crippen LogP contribution is -2.36. The summed E-state index contributed by atoms with van der Waals surface area (Å²) in [7, 11) is 1.78. The second-order valence-corrected chi connectivity index (χ2v) is 6.70. The maximum Gasteiger partial charge on any atom is 0.191 e. The number of hydrogen-bond acceptors (Lipinski definition) is 3. The van der Waals surface area contributed by atoms with Gasteiger partial charge in [-0.3, -0.25) is 4.99 Å². The van der Waals surface area contributed by atoms with Gasteiger partial charge in [-0.2, -0.15) is 0 Å². The van der Waals surface area contributed by atoms with Gasteiger partial charge in [-0.05, 0) is 23.4 Å². The number of guanidine groups is 1. The lowest BCUT2D eigenvalue weighted by molar-refractivity contribution is 0.268. The summed E-state index contributed by atoms with van der Waals surface area (Å²) in [5.74, 6) is 2.23. The molecule has 6 heteroatoms. The van der Waals surface area contributed by atoms with Crippen molar-refractivity contribution in [1.29, 1.82) is 0 Å². The highest BCUT2D eigenvalue weighted by atomic mass is 127. The molecule has 0 unspecified atom stereocenters. The molecule has 2 aromatic rings. The van der Waals surface area contributed by atoms with E-state index in [2.05, 4.69) is 53.1 Å². The molecule has 1 aromatic carbocycles. The molecule has 0 aliphatic carbocycles. The van der Waals surface area contributed by atoms with Crippen LogP contribution in [0.1, 0.15) is 24.3 Å². The van der Waals surface area contributed by atoms with Gasteiger partial charge in [0.2, 0.25) is 0 Å². The molecule has 0 saturated heterocycles. The number of para-hydroxylation sites is 1. The first kappa shape index (κ1) is 20.8. The summed E-state index contributed by atoms with van der Waals surface area (Å²) in [4.78, 5) is 5.55. The number of rotatable bonds is 7. The van der Waals surface area contributed by atoms with Crippen LogP contribution in [0.2, 0.25) is 0 Å². The Morgan fingerprint density at radius 1 is 1.12 bits per heavy atom.